The summed E-state index contributed by atoms with van der Waals surface area (Å²) in [6, 6.07) is 1.78. The monoisotopic (exact) mass is 177 g/mol. The molecule has 0 fully saturated rings. The second-order valence-electron chi connectivity index (χ2n) is 2.75. The average molecular weight is 177 g/mol. The molecule has 66 valence electrons. The molecule has 1 N–H and O–H groups in total. The number of fused-ring (bicyclic) bond motifs is 1. The molecule has 0 spiro atoms. The first-order valence-corrected chi connectivity index (χ1v) is 3.72. The van der Waals surface area contributed by atoms with Crippen LogP contribution in [0.2, 0.25) is 0 Å². The second kappa shape index (κ2) is 2.55. The number of hydrogen-bond donors (Lipinski definition) is 1. The Morgan fingerprint density at radius 2 is 2.31 bits per heavy atom. The highest BCUT2D eigenvalue weighted by molar-refractivity contribution is 5.86. The zero-order valence-electron chi connectivity index (χ0n) is 6.93. The van der Waals surface area contributed by atoms with Gasteiger partial charge in [-0.25, -0.2) is 14.3 Å². The summed E-state index contributed by atoms with van der Waals surface area (Å²) in [6.45, 7) is 1.88. The summed E-state index contributed by atoms with van der Waals surface area (Å²) in [5.74, 6) is -1.02. The van der Waals surface area contributed by atoms with Crippen molar-refractivity contribution in [3.05, 3.63) is 29.7 Å². The van der Waals surface area contributed by atoms with Gasteiger partial charge in [-0.1, -0.05) is 0 Å². The van der Waals surface area contributed by atoms with Crippen molar-refractivity contribution in [3.8, 4) is 0 Å². The van der Waals surface area contributed by atoms with Crippen molar-refractivity contribution >= 4 is 11.6 Å². The molecule has 0 bridgehead atoms. The van der Waals surface area contributed by atoms with Crippen molar-refractivity contribution in [2.75, 3.05) is 0 Å². The van der Waals surface area contributed by atoms with Crippen LogP contribution in [-0.2, 0) is 0 Å². The predicted molar refractivity (Wildman–Crippen MR) is 44.7 cm³/mol. The summed E-state index contributed by atoms with van der Waals surface area (Å²) in [4.78, 5) is 14.6. The third-order valence-corrected chi connectivity index (χ3v) is 1.72. The van der Waals surface area contributed by atoms with E-state index in [2.05, 4.69) is 10.1 Å². The number of aryl methyl sites for hydroxylation is 1. The largest absolute Gasteiger partial charge is 0.476 e. The van der Waals surface area contributed by atoms with Gasteiger partial charge in [0.1, 0.15) is 0 Å². The molecule has 0 radical (unpaired) electrons. The molecule has 0 aliphatic heterocycles. The fourth-order valence-corrected chi connectivity index (χ4v) is 1.12. The van der Waals surface area contributed by atoms with E-state index in [4.69, 9.17) is 5.11 Å². The lowest BCUT2D eigenvalue weighted by Gasteiger charge is -1.95. The van der Waals surface area contributed by atoms with Gasteiger partial charge >= 0.3 is 5.97 Å². The molecule has 2 heterocycles. The minimum Gasteiger partial charge on any atom is -0.476 e. The van der Waals surface area contributed by atoms with E-state index in [9.17, 15) is 4.79 Å². The topological polar surface area (TPSA) is 67.5 Å². The number of aromatic nitrogens is 3. The van der Waals surface area contributed by atoms with Crippen molar-refractivity contribution in [1.29, 1.82) is 0 Å². The van der Waals surface area contributed by atoms with Crippen LogP contribution in [0.3, 0.4) is 0 Å². The van der Waals surface area contributed by atoms with Crippen LogP contribution in [-0.4, -0.2) is 25.7 Å². The van der Waals surface area contributed by atoms with E-state index in [1.165, 1.54) is 10.7 Å². The van der Waals surface area contributed by atoms with Gasteiger partial charge in [0.2, 0.25) is 0 Å². The highest BCUT2D eigenvalue weighted by atomic mass is 16.4. The number of imidazole rings is 1. The van der Waals surface area contributed by atoms with Crippen molar-refractivity contribution < 1.29 is 9.90 Å². The molecule has 2 aromatic heterocycles. The Labute approximate surface area is 73.6 Å². The molecule has 0 saturated heterocycles. The Morgan fingerprint density at radius 3 is 3.00 bits per heavy atom. The number of nitrogens with zero attached hydrogens (tertiary/aromatic N) is 3. The van der Waals surface area contributed by atoms with Crippen LogP contribution in [0, 0.1) is 6.92 Å². The summed E-state index contributed by atoms with van der Waals surface area (Å²) < 4.78 is 1.30. The van der Waals surface area contributed by atoms with Crippen LogP contribution in [0.5, 0.6) is 0 Å². The molecule has 0 aliphatic carbocycles. The van der Waals surface area contributed by atoms with Crippen LogP contribution in [0.25, 0.3) is 5.65 Å². The Balaban J connectivity index is 2.76. The molecule has 2 aromatic rings. The molecule has 2 rings (SSSR count). The number of carboxylic acids is 1. The molecule has 5 heteroatoms. The Bertz CT molecular complexity index is 475. The Morgan fingerprint density at radius 1 is 1.54 bits per heavy atom. The molecule has 13 heavy (non-hydrogen) atoms. The van der Waals surface area contributed by atoms with Gasteiger partial charge in [0, 0.05) is 0 Å². The molecule has 0 aliphatic rings. The van der Waals surface area contributed by atoms with Gasteiger partial charge in [0.25, 0.3) is 0 Å². The molecular formula is C8H7N3O2. The maximum atomic E-state index is 10.7. The van der Waals surface area contributed by atoms with Crippen LogP contribution < -0.4 is 0 Å². The second-order valence-corrected chi connectivity index (χ2v) is 2.75. The quantitative estimate of drug-likeness (QED) is 0.697. The first kappa shape index (κ1) is 7.72. The zero-order chi connectivity index (χ0) is 9.42. The molecule has 5 nitrogen and oxygen atoms in total. The van der Waals surface area contributed by atoms with Crippen LogP contribution in [0.1, 0.15) is 16.1 Å². The lowest BCUT2D eigenvalue weighted by molar-refractivity contribution is 0.0688. The number of rotatable bonds is 1. The Hall–Kier alpha value is -1.91. The molecule has 0 atom stereocenters. The lowest BCUT2D eigenvalue weighted by Crippen LogP contribution is -2.03. The maximum Gasteiger partial charge on any atom is 0.356 e. The minimum atomic E-state index is -1.02. The van der Waals surface area contributed by atoms with Gasteiger partial charge in [0.15, 0.2) is 11.3 Å². The molecule has 0 amide bonds. The van der Waals surface area contributed by atoms with Gasteiger partial charge < -0.3 is 5.11 Å². The highest BCUT2D eigenvalue weighted by Gasteiger charge is 2.10. The third-order valence-electron chi connectivity index (χ3n) is 1.72. The van der Waals surface area contributed by atoms with E-state index >= 15 is 0 Å². The van der Waals surface area contributed by atoms with E-state index in [-0.39, 0.29) is 5.69 Å². The van der Waals surface area contributed by atoms with Crippen LogP contribution in [0.15, 0.2) is 18.5 Å². The van der Waals surface area contributed by atoms with E-state index < -0.39 is 5.97 Å². The van der Waals surface area contributed by atoms with Crippen molar-refractivity contribution in [3.63, 3.8) is 0 Å². The summed E-state index contributed by atoms with van der Waals surface area (Å²) in [5.41, 5.74) is 1.59. The Kier molecular flexibility index (Phi) is 1.51. The van der Waals surface area contributed by atoms with Gasteiger partial charge in [-0.3, -0.25) is 0 Å². The zero-order valence-corrected chi connectivity index (χ0v) is 6.93. The maximum absolute atomic E-state index is 10.7. The molecule has 0 saturated carbocycles. The summed E-state index contributed by atoms with van der Waals surface area (Å²) in [5, 5.41) is 12.7. The van der Waals surface area contributed by atoms with Gasteiger partial charge in [-0.2, -0.15) is 5.10 Å². The van der Waals surface area contributed by atoms with E-state index in [0.717, 1.165) is 5.56 Å². The fourth-order valence-electron chi connectivity index (χ4n) is 1.12. The van der Waals surface area contributed by atoms with Crippen LogP contribution >= 0.6 is 0 Å². The SMILES string of the molecule is Cc1cnn2c(C(=O)O)cnc2c1. The number of carbonyl (C=O) groups is 1. The predicted octanol–water partition coefficient (Wildman–Crippen LogP) is 0.736. The first-order valence-electron chi connectivity index (χ1n) is 3.72. The van der Waals surface area contributed by atoms with Gasteiger partial charge in [0.05, 0.1) is 12.4 Å². The summed E-state index contributed by atoms with van der Waals surface area (Å²) in [7, 11) is 0. The highest BCUT2D eigenvalue weighted by Crippen LogP contribution is 2.05. The minimum absolute atomic E-state index is 0.0787. The fraction of sp³-hybridized carbons (Fsp3) is 0.125. The van der Waals surface area contributed by atoms with Crippen molar-refractivity contribution in [2.24, 2.45) is 0 Å². The molecule has 0 unspecified atom stereocenters. The normalized spacial score (nSPS) is 10.5. The number of carboxylic acid groups (broad SMARTS) is 1. The van der Waals surface area contributed by atoms with E-state index in [1.807, 2.05) is 6.92 Å². The van der Waals surface area contributed by atoms with Crippen LogP contribution in [0.4, 0.5) is 0 Å². The summed E-state index contributed by atoms with van der Waals surface area (Å²) in [6.07, 6.45) is 2.89. The third kappa shape index (κ3) is 1.14. The van der Waals surface area contributed by atoms with Crippen molar-refractivity contribution in [1.82, 2.24) is 14.6 Å². The number of hydrogen-bond acceptors (Lipinski definition) is 3. The number of aromatic carboxylic acids is 1. The first-order chi connectivity index (χ1) is 6.18. The smallest absolute Gasteiger partial charge is 0.356 e. The van der Waals surface area contributed by atoms with Crippen molar-refractivity contribution in [2.45, 2.75) is 6.92 Å². The molecular weight excluding hydrogens is 170 g/mol. The lowest BCUT2D eigenvalue weighted by atomic mass is 10.3. The van der Waals surface area contributed by atoms with Gasteiger partial charge in [-0.05, 0) is 18.6 Å². The summed E-state index contributed by atoms with van der Waals surface area (Å²) >= 11 is 0. The average Bonchev–Trinajstić information content (AvgIpc) is 2.46. The van der Waals surface area contributed by atoms with E-state index in [1.54, 1.807) is 12.3 Å². The van der Waals surface area contributed by atoms with E-state index in [0.29, 0.717) is 5.65 Å². The van der Waals surface area contributed by atoms with Gasteiger partial charge in [-0.15, -0.1) is 0 Å². The standard InChI is InChI=1S/C8H7N3O2/c1-5-2-7-9-4-6(8(12)13)11(7)10-3-5/h2-4H,1H3,(H,12,13). The molecule has 0 aromatic carbocycles.